The molecule has 15 heteroatoms. The van der Waals surface area contributed by atoms with Gasteiger partial charge in [0.05, 0.1) is 19.0 Å². The quantitative estimate of drug-likeness (QED) is 0.198. The van der Waals surface area contributed by atoms with Gasteiger partial charge in [0.25, 0.3) is 0 Å². The summed E-state index contributed by atoms with van der Waals surface area (Å²) < 4.78 is 30.2. The second kappa shape index (κ2) is 11.6. The molecule has 2 heterocycles. The number of anilines is 2. The summed E-state index contributed by atoms with van der Waals surface area (Å²) in [6.45, 7) is 7.87. The monoisotopic (exact) mass is 560 g/mol. The molecule has 0 aliphatic heterocycles. The van der Waals surface area contributed by atoms with Gasteiger partial charge < -0.3 is 34.4 Å². The van der Waals surface area contributed by atoms with Crippen molar-refractivity contribution in [3.63, 3.8) is 0 Å². The number of imidazole rings is 1. The lowest BCUT2D eigenvalue weighted by atomic mass is 10.1. The normalized spacial score (nSPS) is 14.8. The highest BCUT2D eigenvalue weighted by molar-refractivity contribution is 7.70. The predicted molar refractivity (Wildman–Crippen MR) is 139 cm³/mol. The Hall–Kier alpha value is -2.04. The lowest BCUT2D eigenvalue weighted by Gasteiger charge is -2.24. The molecule has 2 atom stereocenters. The summed E-state index contributed by atoms with van der Waals surface area (Å²) in [6, 6.07) is 6.97. The van der Waals surface area contributed by atoms with Crippen LogP contribution in [0.3, 0.4) is 0 Å². The molecule has 5 N–H and O–H groups in total. The van der Waals surface area contributed by atoms with Crippen molar-refractivity contribution >= 4 is 49.7 Å². The molecule has 3 aromatic rings. The molecule has 0 radical (unpaired) electrons. The van der Waals surface area contributed by atoms with Crippen LogP contribution in [0.4, 0.5) is 11.8 Å². The highest BCUT2D eigenvalue weighted by Gasteiger charge is 2.32. The Morgan fingerprint density at radius 3 is 2.47 bits per heavy atom. The summed E-state index contributed by atoms with van der Waals surface area (Å²) in [5.41, 5.74) is 2.12. The number of nitrogens with one attached hydrogen (secondary N) is 2. The van der Waals surface area contributed by atoms with E-state index in [0.29, 0.717) is 28.5 Å². The topological polar surface area (TPSA) is 172 Å². The molecule has 0 aliphatic carbocycles. The molecule has 0 aliphatic rings. The van der Waals surface area contributed by atoms with Crippen LogP contribution in [0.15, 0.2) is 30.6 Å². The van der Waals surface area contributed by atoms with E-state index in [2.05, 4.69) is 25.6 Å². The first kappa shape index (κ1) is 28.5. The minimum Gasteiger partial charge on any atom is -0.364 e. The van der Waals surface area contributed by atoms with Crippen LogP contribution in [-0.4, -0.2) is 52.8 Å². The largest absolute Gasteiger partial charge is 0.364 e. The van der Waals surface area contributed by atoms with Crippen molar-refractivity contribution in [1.29, 1.82) is 0 Å². The predicted octanol–water partition coefficient (Wildman–Crippen LogP) is 4.45. The Bertz CT molecular complexity index is 1300. The molecule has 36 heavy (non-hydrogen) atoms. The summed E-state index contributed by atoms with van der Waals surface area (Å²) in [6.07, 6.45) is 1.69. The summed E-state index contributed by atoms with van der Waals surface area (Å²) in [7, 11) is -9.23. The van der Waals surface area contributed by atoms with Gasteiger partial charge in [0.2, 0.25) is 5.95 Å². The van der Waals surface area contributed by atoms with Crippen LogP contribution >= 0.6 is 26.8 Å². The van der Waals surface area contributed by atoms with Crippen molar-refractivity contribution in [2.45, 2.75) is 46.3 Å². The summed E-state index contributed by atoms with van der Waals surface area (Å²) in [5, 5.41) is 7.03. The average Bonchev–Trinajstić information content (AvgIpc) is 3.17. The van der Waals surface area contributed by atoms with Crippen LogP contribution in [0.5, 0.6) is 0 Å². The summed E-state index contributed by atoms with van der Waals surface area (Å²) >= 11 is 6.10. The van der Waals surface area contributed by atoms with Crippen LogP contribution in [0.2, 0.25) is 5.02 Å². The van der Waals surface area contributed by atoms with Crippen molar-refractivity contribution in [3.8, 4) is 0 Å². The van der Waals surface area contributed by atoms with E-state index in [1.54, 1.807) is 12.4 Å². The zero-order valence-corrected chi connectivity index (χ0v) is 22.9. The Morgan fingerprint density at radius 1 is 1.14 bits per heavy atom. The van der Waals surface area contributed by atoms with E-state index in [4.69, 9.17) is 25.9 Å². The minimum absolute atomic E-state index is 0.0793. The van der Waals surface area contributed by atoms with Crippen molar-refractivity contribution in [3.05, 3.63) is 41.2 Å². The Kier molecular flexibility index (Phi) is 9.16. The third-order valence-electron chi connectivity index (χ3n) is 5.26. The molecule has 3 rings (SSSR count). The van der Waals surface area contributed by atoms with Crippen LogP contribution in [0.25, 0.3) is 11.2 Å². The molecule has 0 spiro atoms. The second-order valence-corrected chi connectivity index (χ2v) is 13.5. The minimum atomic E-state index is -4.73. The molecular formula is C21H31ClN6O6P2. The molecule has 0 saturated carbocycles. The third-order valence-corrected chi connectivity index (χ3v) is 8.96. The lowest BCUT2D eigenvalue weighted by Crippen LogP contribution is -2.31. The van der Waals surface area contributed by atoms with E-state index in [1.807, 2.05) is 50.5 Å². The summed E-state index contributed by atoms with van der Waals surface area (Å²) in [4.78, 5) is 41.6. The Balaban J connectivity index is 1.88. The van der Waals surface area contributed by atoms with Gasteiger partial charge in [-0.25, -0.2) is 4.98 Å². The molecule has 0 bridgehead atoms. The second-order valence-electron chi connectivity index (χ2n) is 9.03. The first-order valence-corrected chi connectivity index (χ1v) is 15.2. The molecule has 2 aromatic heterocycles. The molecular weight excluding hydrogens is 530 g/mol. The van der Waals surface area contributed by atoms with Crippen LogP contribution < -0.4 is 10.6 Å². The first-order valence-electron chi connectivity index (χ1n) is 11.2. The fourth-order valence-electron chi connectivity index (χ4n) is 3.35. The number of aromatic nitrogens is 4. The van der Waals surface area contributed by atoms with Crippen LogP contribution in [-0.2, 0) is 20.2 Å². The smallest absolute Gasteiger partial charge is 0.340 e. The molecule has 0 amide bonds. The standard InChI is InChI=1S/C21H31ClN6O6P2/c1-13(2)17(10-34-36(32,33)12-35(29,30)31)25-21-26-19(23-9-15-6-5-7-16(22)8-15)18-20(27-21)28(11-24-18)14(3)4/h5-8,11,13-14,17H,9-10,12H2,1-4H3,(H,32,33)(H2,29,30,31)(H2,23,25,26,27). The molecule has 12 nitrogen and oxygen atoms in total. The van der Waals surface area contributed by atoms with Crippen molar-refractivity contribution in [1.82, 2.24) is 19.5 Å². The van der Waals surface area contributed by atoms with E-state index in [1.165, 1.54) is 0 Å². The van der Waals surface area contributed by atoms with Crippen molar-refractivity contribution in [2.24, 2.45) is 5.92 Å². The van der Waals surface area contributed by atoms with E-state index < -0.39 is 27.1 Å². The number of hydrogen-bond donors (Lipinski definition) is 5. The van der Waals surface area contributed by atoms with Crippen molar-refractivity contribution in [2.75, 3.05) is 23.1 Å². The van der Waals surface area contributed by atoms with Gasteiger partial charge in [-0.3, -0.25) is 9.13 Å². The zero-order chi connectivity index (χ0) is 26.7. The number of halogens is 1. The molecule has 1 aromatic carbocycles. The van der Waals surface area contributed by atoms with Gasteiger partial charge in [0.15, 0.2) is 22.9 Å². The third kappa shape index (κ3) is 7.98. The van der Waals surface area contributed by atoms with Crippen LogP contribution in [0.1, 0.15) is 39.3 Å². The molecule has 198 valence electrons. The number of benzene rings is 1. The van der Waals surface area contributed by atoms with Gasteiger partial charge in [-0.05, 0) is 37.5 Å². The van der Waals surface area contributed by atoms with Gasteiger partial charge in [0.1, 0.15) is 0 Å². The zero-order valence-electron chi connectivity index (χ0n) is 20.4. The van der Waals surface area contributed by atoms with E-state index in [9.17, 15) is 14.0 Å². The van der Waals surface area contributed by atoms with Gasteiger partial charge in [-0.15, -0.1) is 0 Å². The summed E-state index contributed by atoms with van der Waals surface area (Å²) in [5.74, 6) is -0.626. The first-order chi connectivity index (χ1) is 16.7. The highest BCUT2D eigenvalue weighted by atomic mass is 35.5. The lowest BCUT2D eigenvalue weighted by molar-refractivity contribution is 0.232. The fourth-order valence-corrected chi connectivity index (χ4v) is 6.15. The average molecular weight is 561 g/mol. The number of fused-ring (bicyclic) bond motifs is 1. The van der Waals surface area contributed by atoms with Gasteiger partial charge in [-0.1, -0.05) is 37.6 Å². The van der Waals surface area contributed by atoms with E-state index >= 15 is 0 Å². The number of hydrogen-bond acceptors (Lipinski definition) is 8. The van der Waals surface area contributed by atoms with Crippen molar-refractivity contribution < 1.29 is 28.3 Å². The van der Waals surface area contributed by atoms with Gasteiger partial charge >= 0.3 is 15.2 Å². The van der Waals surface area contributed by atoms with E-state index in [0.717, 1.165) is 5.56 Å². The number of rotatable bonds is 12. The van der Waals surface area contributed by atoms with E-state index in [-0.39, 0.29) is 24.5 Å². The van der Waals surface area contributed by atoms with Gasteiger partial charge in [-0.2, -0.15) is 9.97 Å². The Labute approximate surface area is 214 Å². The van der Waals surface area contributed by atoms with Gasteiger partial charge in [0, 0.05) is 17.6 Å². The maximum absolute atomic E-state index is 12.1. The fraction of sp³-hybridized carbons (Fsp3) is 0.476. The molecule has 2 unspecified atom stereocenters. The Morgan fingerprint density at radius 2 is 1.86 bits per heavy atom. The van der Waals surface area contributed by atoms with Crippen LogP contribution in [0, 0.1) is 5.92 Å². The molecule has 0 fully saturated rings. The molecule has 0 saturated heterocycles. The highest BCUT2D eigenvalue weighted by Crippen LogP contribution is 2.55. The maximum atomic E-state index is 12.1. The number of nitrogens with zero attached hydrogens (tertiary/aromatic N) is 4. The SMILES string of the molecule is CC(C)C(COP(=O)(O)CP(=O)(O)O)Nc1nc(NCc2cccc(Cl)c2)c2ncn(C(C)C)c2n1. The maximum Gasteiger partial charge on any atom is 0.340 e.